The van der Waals surface area contributed by atoms with Gasteiger partial charge in [-0.25, -0.2) is 0 Å². The summed E-state index contributed by atoms with van der Waals surface area (Å²) in [6.45, 7) is 9.10. The molecule has 2 unspecified atom stereocenters. The maximum absolute atomic E-state index is 11.7. The van der Waals surface area contributed by atoms with E-state index in [-0.39, 0.29) is 18.1 Å². The van der Waals surface area contributed by atoms with Crippen LogP contribution in [0.5, 0.6) is 0 Å². The minimum absolute atomic E-state index is 0.0513. The zero-order chi connectivity index (χ0) is 11.4. The van der Waals surface area contributed by atoms with E-state index in [2.05, 4.69) is 19.2 Å². The molecule has 1 aliphatic rings. The van der Waals surface area contributed by atoms with Crippen LogP contribution in [0.3, 0.4) is 0 Å². The lowest BCUT2D eigenvalue weighted by atomic mass is 9.86. The number of rotatable bonds is 3. The Kier molecular flexibility index (Phi) is 4.58. The van der Waals surface area contributed by atoms with Crippen LogP contribution in [0.25, 0.3) is 0 Å². The number of nitrogens with one attached hydrogen (secondary N) is 1. The molecule has 88 valence electrons. The minimum Gasteiger partial charge on any atom is -0.368 e. The molecule has 0 aromatic heterocycles. The zero-order valence-electron chi connectivity index (χ0n) is 10.2. The van der Waals surface area contributed by atoms with Crippen molar-refractivity contribution >= 4 is 5.91 Å². The van der Waals surface area contributed by atoms with Crippen LogP contribution in [0.2, 0.25) is 0 Å². The molecular weight excluding hydrogens is 190 g/mol. The van der Waals surface area contributed by atoms with E-state index in [1.54, 1.807) is 0 Å². The first-order chi connectivity index (χ1) is 7.00. The van der Waals surface area contributed by atoms with Gasteiger partial charge in [0.15, 0.2) is 0 Å². The number of ether oxygens (including phenoxy) is 1. The first kappa shape index (κ1) is 12.5. The molecule has 0 aliphatic carbocycles. The molecule has 1 rings (SSSR count). The average Bonchev–Trinajstić information content (AvgIpc) is 2.17. The monoisotopic (exact) mass is 213 g/mol. The number of hydrogen-bond acceptors (Lipinski definition) is 2. The van der Waals surface area contributed by atoms with E-state index in [1.807, 2.05) is 13.8 Å². The van der Waals surface area contributed by atoms with Crippen molar-refractivity contribution in [2.24, 2.45) is 11.8 Å². The van der Waals surface area contributed by atoms with E-state index in [1.165, 1.54) is 0 Å². The second kappa shape index (κ2) is 5.50. The van der Waals surface area contributed by atoms with Gasteiger partial charge in [0, 0.05) is 12.6 Å². The van der Waals surface area contributed by atoms with Crippen LogP contribution in [-0.4, -0.2) is 24.7 Å². The Balaban J connectivity index is 2.45. The van der Waals surface area contributed by atoms with E-state index in [0.717, 1.165) is 19.4 Å². The number of carbonyl (C=O) groups is 1. The van der Waals surface area contributed by atoms with Crippen LogP contribution < -0.4 is 5.32 Å². The summed E-state index contributed by atoms with van der Waals surface area (Å²) in [4.78, 5) is 11.7. The predicted octanol–water partition coefficient (Wildman–Crippen LogP) is 1.96. The molecule has 0 bridgehead atoms. The lowest BCUT2D eigenvalue weighted by molar-refractivity contribution is -0.138. The molecule has 0 aromatic rings. The van der Waals surface area contributed by atoms with Gasteiger partial charge in [-0.1, -0.05) is 13.8 Å². The highest BCUT2D eigenvalue weighted by atomic mass is 16.5. The highest BCUT2D eigenvalue weighted by molar-refractivity contribution is 5.81. The number of amides is 1. The molecule has 0 radical (unpaired) electrons. The van der Waals surface area contributed by atoms with Gasteiger partial charge in [0.2, 0.25) is 5.91 Å². The number of carbonyl (C=O) groups excluding carboxylic acids is 1. The Bertz CT molecular complexity index is 214. The third kappa shape index (κ3) is 3.82. The van der Waals surface area contributed by atoms with Crippen LogP contribution in [-0.2, 0) is 9.53 Å². The molecule has 1 N–H and O–H groups in total. The van der Waals surface area contributed by atoms with E-state index in [9.17, 15) is 4.79 Å². The Morgan fingerprint density at radius 2 is 2.00 bits per heavy atom. The Labute approximate surface area is 92.6 Å². The molecule has 1 amide bonds. The second-order valence-electron chi connectivity index (χ2n) is 5.05. The molecule has 1 saturated heterocycles. The van der Waals surface area contributed by atoms with Crippen LogP contribution in [0.15, 0.2) is 0 Å². The van der Waals surface area contributed by atoms with Crippen LogP contribution in [0.4, 0.5) is 0 Å². The van der Waals surface area contributed by atoms with Gasteiger partial charge >= 0.3 is 0 Å². The first-order valence-electron chi connectivity index (χ1n) is 5.92. The maximum atomic E-state index is 11.7. The highest BCUT2D eigenvalue weighted by Gasteiger charge is 2.29. The van der Waals surface area contributed by atoms with Crippen molar-refractivity contribution in [1.29, 1.82) is 0 Å². The molecule has 0 aromatic carbocycles. The largest absolute Gasteiger partial charge is 0.368 e. The van der Waals surface area contributed by atoms with Crippen molar-refractivity contribution < 1.29 is 9.53 Å². The van der Waals surface area contributed by atoms with Crippen molar-refractivity contribution in [2.45, 2.75) is 52.7 Å². The standard InChI is InChI=1S/C12H23NO2/c1-8(2)10-5-6-15-11(7-10)12(14)13-9(3)4/h8-11H,5-7H2,1-4H3,(H,13,14). The van der Waals surface area contributed by atoms with Gasteiger partial charge in [0.05, 0.1) is 0 Å². The third-order valence-corrected chi connectivity index (χ3v) is 2.99. The van der Waals surface area contributed by atoms with Crippen LogP contribution in [0, 0.1) is 11.8 Å². The predicted molar refractivity (Wildman–Crippen MR) is 60.6 cm³/mol. The lowest BCUT2D eigenvalue weighted by Gasteiger charge is -2.31. The average molecular weight is 213 g/mol. The molecule has 3 nitrogen and oxygen atoms in total. The van der Waals surface area contributed by atoms with Crippen molar-refractivity contribution in [3.05, 3.63) is 0 Å². The highest BCUT2D eigenvalue weighted by Crippen LogP contribution is 2.26. The third-order valence-electron chi connectivity index (χ3n) is 2.99. The van der Waals surface area contributed by atoms with Gasteiger partial charge in [0.25, 0.3) is 0 Å². The Hall–Kier alpha value is -0.570. The smallest absolute Gasteiger partial charge is 0.249 e. The Morgan fingerprint density at radius 3 is 2.53 bits per heavy atom. The molecule has 15 heavy (non-hydrogen) atoms. The summed E-state index contributed by atoms with van der Waals surface area (Å²) >= 11 is 0. The summed E-state index contributed by atoms with van der Waals surface area (Å²) in [6.07, 6.45) is 1.73. The fourth-order valence-electron chi connectivity index (χ4n) is 1.99. The van der Waals surface area contributed by atoms with E-state index >= 15 is 0 Å². The number of hydrogen-bond donors (Lipinski definition) is 1. The van der Waals surface area contributed by atoms with Crippen molar-refractivity contribution in [3.63, 3.8) is 0 Å². The summed E-state index contributed by atoms with van der Waals surface area (Å²) in [7, 11) is 0. The summed E-state index contributed by atoms with van der Waals surface area (Å²) in [5.74, 6) is 1.32. The molecule has 1 heterocycles. The molecule has 3 heteroatoms. The van der Waals surface area contributed by atoms with Crippen LogP contribution >= 0.6 is 0 Å². The topological polar surface area (TPSA) is 38.3 Å². The van der Waals surface area contributed by atoms with Crippen LogP contribution in [0.1, 0.15) is 40.5 Å². The van der Waals surface area contributed by atoms with E-state index in [0.29, 0.717) is 11.8 Å². The Morgan fingerprint density at radius 1 is 1.33 bits per heavy atom. The fraction of sp³-hybridized carbons (Fsp3) is 0.917. The van der Waals surface area contributed by atoms with Gasteiger partial charge in [0.1, 0.15) is 6.10 Å². The van der Waals surface area contributed by atoms with Crippen molar-refractivity contribution in [2.75, 3.05) is 6.61 Å². The molecule has 1 aliphatic heterocycles. The summed E-state index contributed by atoms with van der Waals surface area (Å²) in [5.41, 5.74) is 0. The fourth-order valence-corrected chi connectivity index (χ4v) is 1.99. The maximum Gasteiger partial charge on any atom is 0.249 e. The SMILES string of the molecule is CC(C)NC(=O)C1CC(C(C)C)CCO1. The molecule has 0 spiro atoms. The summed E-state index contributed by atoms with van der Waals surface area (Å²) in [5, 5.41) is 2.91. The van der Waals surface area contributed by atoms with Gasteiger partial charge in [-0.15, -0.1) is 0 Å². The van der Waals surface area contributed by atoms with Gasteiger partial charge in [-0.3, -0.25) is 4.79 Å². The molecule has 2 atom stereocenters. The van der Waals surface area contributed by atoms with Crippen molar-refractivity contribution in [3.8, 4) is 0 Å². The lowest BCUT2D eigenvalue weighted by Crippen LogP contribution is -2.43. The van der Waals surface area contributed by atoms with Gasteiger partial charge in [-0.2, -0.15) is 0 Å². The summed E-state index contributed by atoms with van der Waals surface area (Å²) in [6, 6.07) is 0.195. The molecule has 0 saturated carbocycles. The van der Waals surface area contributed by atoms with E-state index < -0.39 is 0 Å². The zero-order valence-corrected chi connectivity index (χ0v) is 10.2. The second-order valence-corrected chi connectivity index (χ2v) is 5.05. The van der Waals surface area contributed by atoms with E-state index in [4.69, 9.17) is 4.74 Å². The van der Waals surface area contributed by atoms with Gasteiger partial charge in [-0.05, 0) is 38.5 Å². The summed E-state index contributed by atoms with van der Waals surface area (Å²) < 4.78 is 5.51. The first-order valence-corrected chi connectivity index (χ1v) is 5.92. The molecule has 1 fully saturated rings. The quantitative estimate of drug-likeness (QED) is 0.778. The van der Waals surface area contributed by atoms with Crippen molar-refractivity contribution in [1.82, 2.24) is 5.32 Å². The molecular formula is C12H23NO2. The normalized spacial score (nSPS) is 27.1. The van der Waals surface area contributed by atoms with Gasteiger partial charge < -0.3 is 10.1 Å². The minimum atomic E-state index is -0.228.